The number of fused-ring (bicyclic) bond motifs is 1. The number of pyridine rings is 1. The van der Waals surface area contributed by atoms with Gasteiger partial charge in [0.05, 0.1) is 28.8 Å². The van der Waals surface area contributed by atoms with Crippen LogP contribution in [0.2, 0.25) is 10.0 Å². The van der Waals surface area contributed by atoms with Gasteiger partial charge in [0.1, 0.15) is 6.61 Å². The molecule has 2 heterocycles. The van der Waals surface area contributed by atoms with Gasteiger partial charge in [0.2, 0.25) is 10.0 Å². The Morgan fingerprint density at radius 3 is 2.57 bits per heavy atom. The molecule has 0 radical (unpaired) electrons. The molecule has 2 amide bonds. The smallest absolute Gasteiger partial charge is 0.269 e. The summed E-state index contributed by atoms with van der Waals surface area (Å²) >= 11 is 12.9. The monoisotopic (exact) mass is 661 g/mol. The zero-order valence-electron chi connectivity index (χ0n) is 23.5. The predicted molar refractivity (Wildman–Crippen MR) is 162 cm³/mol. The van der Waals surface area contributed by atoms with Crippen LogP contribution in [-0.4, -0.2) is 53.4 Å². The van der Waals surface area contributed by atoms with Crippen molar-refractivity contribution in [3.63, 3.8) is 0 Å². The second-order valence-electron chi connectivity index (χ2n) is 10.8. The molecule has 15 heteroatoms. The fraction of sp³-hybridized carbons (Fsp3) is 0.345. The van der Waals surface area contributed by atoms with Crippen molar-refractivity contribution < 1.29 is 27.8 Å². The maximum absolute atomic E-state index is 14.4. The van der Waals surface area contributed by atoms with Crippen LogP contribution >= 0.6 is 23.2 Å². The summed E-state index contributed by atoms with van der Waals surface area (Å²) in [7, 11) is -3.66. The van der Waals surface area contributed by atoms with Gasteiger partial charge in [-0.15, -0.1) is 0 Å². The van der Waals surface area contributed by atoms with Gasteiger partial charge in [-0.2, -0.15) is 0 Å². The highest BCUT2D eigenvalue weighted by molar-refractivity contribution is 7.88. The zero-order chi connectivity index (χ0) is 31.6. The number of carbonyl (C=O) groups excluding carboxylic acids is 2. The molecular weight excluding hydrogens is 633 g/mol. The molecule has 2 N–H and O–H groups in total. The number of hydroxylamine groups is 1. The van der Waals surface area contributed by atoms with Gasteiger partial charge < -0.3 is 4.90 Å². The number of aromatic nitrogens is 1. The van der Waals surface area contributed by atoms with Crippen molar-refractivity contribution in [2.75, 3.05) is 6.26 Å². The standard InChI is InChI=1S/C29H29Cl2N5O7S/c1-44(41,42)34-24-7-2-3-8-25(24)35-27(21-11-9-17(30)14-23(21)31)26(28(37)33-43-16-18-6-4-5-13-32-18)22-15-19(36(39)40)10-12-20(22)29(35)38/h4-6,9-15,24-27,34H,2-3,7-8,16H2,1H3,(H,33,37)/t24-,25-,26+,27-/m0/s1. The summed E-state index contributed by atoms with van der Waals surface area (Å²) in [5, 5.41) is 12.3. The van der Waals surface area contributed by atoms with Crippen LogP contribution in [0.1, 0.15) is 64.8 Å². The van der Waals surface area contributed by atoms with Crippen molar-refractivity contribution in [2.45, 2.75) is 56.3 Å². The van der Waals surface area contributed by atoms with Crippen molar-refractivity contribution in [3.8, 4) is 0 Å². The Balaban J connectivity index is 1.66. The summed E-state index contributed by atoms with van der Waals surface area (Å²) in [6.07, 6.45) is 4.95. The minimum absolute atomic E-state index is 0.0704. The summed E-state index contributed by atoms with van der Waals surface area (Å²) in [5.74, 6) is -2.46. The molecular formula is C29H29Cl2N5O7S. The average Bonchev–Trinajstić information content (AvgIpc) is 2.97. The number of nitrogens with zero attached hydrogens (tertiary/aromatic N) is 3. The Morgan fingerprint density at radius 2 is 1.89 bits per heavy atom. The molecule has 1 aliphatic carbocycles. The number of benzene rings is 2. The normalized spacial score (nSPS) is 21.9. The van der Waals surface area contributed by atoms with E-state index in [0.717, 1.165) is 12.7 Å². The molecule has 44 heavy (non-hydrogen) atoms. The number of amides is 2. The highest BCUT2D eigenvalue weighted by atomic mass is 35.5. The molecule has 0 spiro atoms. The van der Waals surface area contributed by atoms with Gasteiger partial charge in [0.15, 0.2) is 0 Å². The lowest BCUT2D eigenvalue weighted by Crippen LogP contribution is -2.59. The fourth-order valence-corrected chi connectivity index (χ4v) is 7.35. The van der Waals surface area contributed by atoms with Crippen LogP contribution in [0, 0.1) is 10.1 Å². The molecule has 3 aromatic rings. The lowest BCUT2D eigenvalue weighted by atomic mass is 9.76. The molecule has 0 saturated heterocycles. The van der Waals surface area contributed by atoms with Crippen molar-refractivity contribution >= 4 is 50.7 Å². The average molecular weight is 663 g/mol. The van der Waals surface area contributed by atoms with Crippen molar-refractivity contribution in [2.24, 2.45) is 0 Å². The molecule has 2 aromatic carbocycles. The van der Waals surface area contributed by atoms with Crippen LogP contribution in [0.5, 0.6) is 0 Å². The van der Waals surface area contributed by atoms with Gasteiger partial charge in [-0.3, -0.25) is 29.5 Å². The van der Waals surface area contributed by atoms with Gasteiger partial charge in [-0.05, 0) is 54.3 Å². The number of halogens is 2. The first-order valence-electron chi connectivity index (χ1n) is 13.8. The number of non-ortho nitro benzene ring substituents is 1. The summed E-state index contributed by atoms with van der Waals surface area (Å²) < 4.78 is 27.4. The third-order valence-corrected chi connectivity index (χ3v) is 9.09. The summed E-state index contributed by atoms with van der Waals surface area (Å²) in [5.41, 5.74) is 3.21. The van der Waals surface area contributed by atoms with Gasteiger partial charge in [0, 0.05) is 46.0 Å². The first-order valence-corrected chi connectivity index (χ1v) is 16.4. The molecule has 5 rings (SSSR count). The van der Waals surface area contributed by atoms with Crippen LogP contribution in [-0.2, 0) is 26.3 Å². The predicted octanol–water partition coefficient (Wildman–Crippen LogP) is 4.69. The Bertz CT molecular complexity index is 1690. The second-order valence-corrected chi connectivity index (χ2v) is 13.4. The first-order chi connectivity index (χ1) is 20.9. The minimum Gasteiger partial charge on any atom is -0.326 e. The summed E-state index contributed by atoms with van der Waals surface area (Å²) in [6.45, 7) is -0.0704. The van der Waals surface area contributed by atoms with Crippen molar-refractivity contribution in [1.82, 2.24) is 20.1 Å². The molecule has 12 nitrogen and oxygen atoms in total. The third kappa shape index (κ3) is 6.87. The Kier molecular flexibility index (Phi) is 9.51. The van der Waals surface area contributed by atoms with Gasteiger partial charge in [0.25, 0.3) is 17.5 Å². The van der Waals surface area contributed by atoms with Crippen molar-refractivity contribution in [1.29, 1.82) is 0 Å². The van der Waals surface area contributed by atoms with E-state index in [1.165, 1.54) is 29.2 Å². The van der Waals surface area contributed by atoms with Crippen LogP contribution in [0.3, 0.4) is 0 Å². The number of nitro groups is 1. The third-order valence-electron chi connectivity index (χ3n) is 7.80. The number of hydrogen-bond donors (Lipinski definition) is 2. The van der Waals surface area contributed by atoms with Crippen LogP contribution in [0.4, 0.5) is 5.69 Å². The van der Waals surface area contributed by atoms with Crippen LogP contribution in [0.15, 0.2) is 60.8 Å². The van der Waals surface area contributed by atoms with Crippen LogP contribution < -0.4 is 10.2 Å². The van der Waals surface area contributed by atoms with Crippen LogP contribution in [0.25, 0.3) is 0 Å². The second kappa shape index (κ2) is 13.2. The van der Waals surface area contributed by atoms with Gasteiger partial charge >= 0.3 is 0 Å². The minimum atomic E-state index is -3.66. The highest BCUT2D eigenvalue weighted by Gasteiger charge is 2.50. The van der Waals surface area contributed by atoms with E-state index in [0.29, 0.717) is 35.5 Å². The van der Waals surface area contributed by atoms with E-state index >= 15 is 0 Å². The molecule has 4 atom stereocenters. The maximum atomic E-state index is 14.4. The number of nitrogens with one attached hydrogen (secondary N) is 2. The van der Waals surface area contributed by atoms with E-state index < -0.39 is 50.8 Å². The number of sulfonamides is 1. The molecule has 1 aromatic heterocycles. The zero-order valence-corrected chi connectivity index (χ0v) is 25.8. The Hall–Kier alpha value is -3.62. The molecule has 1 fully saturated rings. The van der Waals surface area contributed by atoms with E-state index in [1.54, 1.807) is 36.5 Å². The molecule has 2 aliphatic rings. The van der Waals surface area contributed by atoms with Gasteiger partial charge in [-0.25, -0.2) is 18.6 Å². The summed E-state index contributed by atoms with van der Waals surface area (Å²) in [4.78, 5) is 50.8. The molecule has 0 unspecified atom stereocenters. The number of nitro benzene ring substituents is 1. The van der Waals surface area contributed by atoms with Gasteiger partial charge in [-0.1, -0.05) is 48.2 Å². The van der Waals surface area contributed by atoms with E-state index in [2.05, 4.69) is 15.2 Å². The van der Waals surface area contributed by atoms with E-state index in [-0.39, 0.29) is 28.4 Å². The topological polar surface area (TPSA) is 161 Å². The lowest BCUT2D eigenvalue weighted by Gasteiger charge is -2.49. The Morgan fingerprint density at radius 1 is 1.11 bits per heavy atom. The molecule has 232 valence electrons. The largest absolute Gasteiger partial charge is 0.326 e. The highest BCUT2D eigenvalue weighted by Crippen LogP contribution is 2.48. The number of carbonyl (C=O) groups is 2. The first kappa shape index (κ1) is 31.8. The fourth-order valence-electron chi connectivity index (χ4n) is 6.01. The molecule has 1 aliphatic heterocycles. The number of hydrogen-bond acceptors (Lipinski definition) is 8. The molecule has 1 saturated carbocycles. The van der Waals surface area contributed by atoms with E-state index in [9.17, 15) is 28.1 Å². The quantitative estimate of drug-likeness (QED) is 0.247. The van der Waals surface area contributed by atoms with E-state index in [4.69, 9.17) is 28.0 Å². The SMILES string of the molecule is CS(=O)(=O)N[C@H]1CCCC[C@@H]1N1C(=O)c2ccc([N+](=O)[O-])cc2[C@@H](C(=O)NOCc2ccccn2)[C@@H]1c1ccc(Cl)cc1Cl. The van der Waals surface area contributed by atoms with Crippen molar-refractivity contribution in [3.05, 3.63) is 103 Å². The van der Waals surface area contributed by atoms with E-state index in [1.807, 2.05) is 0 Å². The lowest BCUT2D eigenvalue weighted by molar-refractivity contribution is -0.384. The molecule has 0 bridgehead atoms. The number of rotatable bonds is 9. The maximum Gasteiger partial charge on any atom is 0.269 e. The summed E-state index contributed by atoms with van der Waals surface area (Å²) in [6, 6.07) is 11.1. The Labute approximate surface area is 263 Å².